The molecular formula is C23H22FN5OS. The second kappa shape index (κ2) is 8.85. The van der Waals surface area contributed by atoms with E-state index >= 15 is 0 Å². The molecule has 31 heavy (non-hydrogen) atoms. The molecule has 1 unspecified atom stereocenters. The summed E-state index contributed by atoms with van der Waals surface area (Å²) in [5, 5.41) is 8.11. The van der Waals surface area contributed by atoms with E-state index in [1.54, 1.807) is 22.7 Å². The Bertz CT molecular complexity index is 1240. The zero-order valence-electron chi connectivity index (χ0n) is 17.5. The Hall–Kier alpha value is -3.26. The molecule has 2 aromatic heterocycles. The van der Waals surface area contributed by atoms with E-state index in [2.05, 4.69) is 20.4 Å². The van der Waals surface area contributed by atoms with Gasteiger partial charge >= 0.3 is 0 Å². The smallest absolute Gasteiger partial charge is 0.253 e. The van der Waals surface area contributed by atoms with Crippen molar-refractivity contribution >= 4 is 23.4 Å². The number of nitrogens with one attached hydrogen (secondary N) is 1. The number of hydrogen-bond donors (Lipinski definition) is 1. The van der Waals surface area contributed by atoms with Crippen LogP contribution < -0.4 is 5.32 Å². The number of fused-ring (bicyclic) bond motifs is 1. The summed E-state index contributed by atoms with van der Waals surface area (Å²) < 4.78 is 14.9. The third-order valence-corrected chi connectivity index (χ3v) is 5.82. The molecule has 0 radical (unpaired) electrons. The topological polar surface area (TPSA) is 72.2 Å². The molecule has 0 bridgehead atoms. The number of aromatic nitrogens is 4. The minimum absolute atomic E-state index is 0.177. The number of amides is 1. The Balaban J connectivity index is 1.48. The number of thioether (sulfide) groups is 1. The molecule has 1 N–H and O–H groups in total. The molecule has 158 valence electrons. The first-order valence-electron chi connectivity index (χ1n) is 9.89. The molecule has 4 rings (SSSR count). The van der Waals surface area contributed by atoms with Gasteiger partial charge in [-0.15, -0.1) is 5.10 Å². The minimum Gasteiger partial charge on any atom is -0.346 e. The van der Waals surface area contributed by atoms with Gasteiger partial charge in [-0.05, 0) is 56.2 Å². The van der Waals surface area contributed by atoms with Gasteiger partial charge in [0.25, 0.3) is 11.7 Å². The molecule has 1 atom stereocenters. The van der Waals surface area contributed by atoms with Crippen molar-refractivity contribution in [1.29, 1.82) is 0 Å². The number of halogens is 1. The highest BCUT2D eigenvalue weighted by molar-refractivity contribution is 7.98. The third kappa shape index (κ3) is 4.74. The van der Waals surface area contributed by atoms with Gasteiger partial charge in [-0.25, -0.2) is 13.9 Å². The zero-order chi connectivity index (χ0) is 22.0. The lowest BCUT2D eigenvalue weighted by Gasteiger charge is -2.16. The quantitative estimate of drug-likeness (QED) is 0.446. The van der Waals surface area contributed by atoms with Crippen molar-refractivity contribution in [3.05, 3.63) is 88.5 Å². The van der Waals surface area contributed by atoms with E-state index in [1.165, 1.54) is 23.9 Å². The van der Waals surface area contributed by atoms with Crippen LogP contribution in [-0.2, 0) is 5.75 Å². The van der Waals surface area contributed by atoms with Gasteiger partial charge in [-0.2, -0.15) is 4.98 Å². The average molecular weight is 436 g/mol. The Morgan fingerprint density at radius 1 is 1.13 bits per heavy atom. The number of nitrogens with zero attached hydrogens (tertiary/aromatic N) is 4. The van der Waals surface area contributed by atoms with Crippen LogP contribution in [0.25, 0.3) is 5.78 Å². The molecule has 0 aliphatic carbocycles. The monoisotopic (exact) mass is 435 g/mol. The van der Waals surface area contributed by atoms with Crippen LogP contribution in [0.4, 0.5) is 4.39 Å². The van der Waals surface area contributed by atoms with Gasteiger partial charge in [0.15, 0.2) is 0 Å². The van der Waals surface area contributed by atoms with Crippen LogP contribution in [0.5, 0.6) is 0 Å². The van der Waals surface area contributed by atoms with Gasteiger partial charge in [0.2, 0.25) is 5.16 Å². The van der Waals surface area contributed by atoms with Crippen molar-refractivity contribution in [2.45, 2.75) is 37.7 Å². The molecule has 4 aromatic rings. The van der Waals surface area contributed by atoms with E-state index in [4.69, 9.17) is 0 Å². The Labute approximate surface area is 183 Å². The summed E-state index contributed by atoms with van der Waals surface area (Å²) in [6.07, 6.45) is 0. The fourth-order valence-corrected chi connectivity index (χ4v) is 4.15. The van der Waals surface area contributed by atoms with Gasteiger partial charge in [0.1, 0.15) is 5.82 Å². The van der Waals surface area contributed by atoms with E-state index < -0.39 is 0 Å². The summed E-state index contributed by atoms with van der Waals surface area (Å²) in [6.45, 7) is 5.77. The van der Waals surface area contributed by atoms with Crippen LogP contribution in [0, 0.1) is 19.7 Å². The number of hydrogen-bond acceptors (Lipinski definition) is 5. The minimum atomic E-state index is -0.300. The summed E-state index contributed by atoms with van der Waals surface area (Å²) >= 11 is 1.46. The third-order valence-electron chi connectivity index (χ3n) is 4.94. The summed E-state index contributed by atoms with van der Waals surface area (Å²) in [6, 6.07) is 15.3. The number of aryl methyl sites for hydroxylation is 2. The maximum Gasteiger partial charge on any atom is 0.253 e. The fraction of sp³-hybridized carbons (Fsp3) is 0.217. The van der Waals surface area contributed by atoms with E-state index in [1.807, 2.05) is 45.0 Å². The summed E-state index contributed by atoms with van der Waals surface area (Å²) in [5.74, 6) is 0.637. The predicted octanol–water partition coefficient (Wildman–Crippen LogP) is 4.66. The zero-order valence-corrected chi connectivity index (χ0v) is 18.3. The molecule has 0 spiro atoms. The van der Waals surface area contributed by atoms with Crippen molar-refractivity contribution in [2.75, 3.05) is 0 Å². The van der Waals surface area contributed by atoms with Crippen molar-refractivity contribution in [3.63, 3.8) is 0 Å². The predicted molar refractivity (Wildman–Crippen MR) is 119 cm³/mol. The molecule has 0 fully saturated rings. The standard InChI is InChI=1S/C23H22FN5OS/c1-14-12-15(2)29-22(25-14)27-23(28-29)31-13-18-6-4-5-7-20(18)21(30)26-16(3)17-8-10-19(24)11-9-17/h4-12,16H,13H2,1-3H3,(H,26,30). The maximum absolute atomic E-state index is 13.2. The van der Waals surface area contributed by atoms with Crippen LogP contribution in [0.2, 0.25) is 0 Å². The number of carbonyl (C=O) groups is 1. The molecular weight excluding hydrogens is 413 g/mol. The van der Waals surface area contributed by atoms with Gasteiger partial charge in [0.05, 0.1) is 6.04 Å². The van der Waals surface area contributed by atoms with Crippen LogP contribution in [0.15, 0.2) is 59.8 Å². The lowest BCUT2D eigenvalue weighted by atomic mass is 10.1. The molecule has 0 aliphatic heterocycles. The second-order valence-electron chi connectivity index (χ2n) is 7.34. The highest BCUT2D eigenvalue weighted by Crippen LogP contribution is 2.23. The molecule has 0 saturated carbocycles. The van der Waals surface area contributed by atoms with Crippen molar-refractivity contribution in [3.8, 4) is 0 Å². The second-order valence-corrected chi connectivity index (χ2v) is 8.28. The molecule has 1 amide bonds. The van der Waals surface area contributed by atoms with Crippen LogP contribution >= 0.6 is 11.8 Å². The molecule has 8 heteroatoms. The molecule has 0 aliphatic rings. The lowest BCUT2D eigenvalue weighted by Crippen LogP contribution is -2.27. The first-order chi connectivity index (χ1) is 14.9. The van der Waals surface area contributed by atoms with Crippen molar-refractivity contribution < 1.29 is 9.18 Å². The average Bonchev–Trinajstić information content (AvgIpc) is 3.16. The molecule has 2 heterocycles. The maximum atomic E-state index is 13.2. The van der Waals surface area contributed by atoms with E-state index in [0.29, 0.717) is 22.3 Å². The normalized spacial score (nSPS) is 12.1. The van der Waals surface area contributed by atoms with Crippen LogP contribution in [0.3, 0.4) is 0 Å². The van der Waals surface area contributed by atoms with Crippen molar-refractivity contribution in [2.24, 2.45) is 0 Å². The largest absolute Gasteiger partial charge is 0.346 e. The lowest BCUT2D eigenvalue weighted by molar-refractivity contribution is 0.0939. The van der Waals surface area contributed by atoms with Crippen LogP contribution in [-0.4, -0.2) is 25.5 Å². The number of benzene rings is 2. The summed E-state index contributed by atoms with van der Waals surface area (Å²) in [5.41, 5.74) is 4.19. The summed E-state index contributed by atoms with van der Waals surface area (Å²) in [7, 11) is 0. The number of rotatable bonds is 6. The Kier molecular flexibility index (Phi) is 5.99. The van der Waals surface area contributed by atoms with E-state index in [-0.39, 0.29) is 17.8 Å². The fourth-order valence-electron chi connectivity index (χ4n) is 3.33. The Morgan fingerprint density at radius 3 is 2.65 bits per heavy atom. The van der Waals surface area contributed by atoms with Crippen molar-refractivity contribution in [1.82, 2.24) is 24.9 Å². The highest BCUT2D eigenvalue weighted by Gasteiger charge is 2.16. The first kappa shape index (κ1) is 21.0. The molecule has 0 saturated heterocycles. The van der Waals surface area contributed by atoms with E-state index in [9.17, 15) is 9.18 Å². The molecule has 2 aromatic carbocycles. The summed E-state index contributed by atoms with van der Waals surface area (Å²) in [4.78, 5) is 21.8. The van der Waals surface area contributed by atoms with Gasteiger partial charge in [-0.1, -0.05) is 42.1 Å². The highest BCUT2D eigenvalue weighted by atomic mass is 32.2. The van der Waals surface area contributed by atoms with Crippen LogP contribution in [0.1, 0.15) is 45.8 Å². The van der Waals surface area contributed by atoms with E-state index in [0.717, 1.165) is 22.5 Å². The van der Waals surface area contributed by atoms with Gasteiger partial charge in [-0.3, -0.25) is 4.79 Å². The SMILES string of the molecule is Cc1cc(C)n2nc(SCc3ccccc3C(=O)NC(C)c3ccc(F)cc3)nc2n1. The molecule has 6 nitrogen and oxygen atoms in total. The van der Waals surface area contributed by atoms with Gasteiger partial charge in [0, 0.05) is 22.7 Å². The first-order valence-corrected chi connectivity index (χ1v) is 10.9. The van der Waals surface area contributed by atoms with Gasteiger partial charge < -0.3 is 5.32 Å². The Morgan fingerprint density at radius 2 is 1.87 bits per heavy atom. The number of carbonyl (C=O) groups excluding carboxylic acids is 1.